The van der Waals surface area contributed by atoms with Crippen molar-refractivity contribution in [3.8, 4) is 11.5 Å². The van der Waals surface area contributed by atoms with E-state index in [4.69, 9.17) is 14.0 Å². The molecule has 1 aromatic heterocycles. The molecule has 2 heterocycles. The number of carbonyl (C=O) groups is 2. The number of rotatable bonds is 8. The summed E-state index contributed by atoms with van der Waals surface area (Å²) in [6.07, 6.45) is 1.60. The van der Waals surface area contributed by atoms with Crippen LogP contribution in [0.5, 0.6) is 11.5 Å². The lowest BCUT2D eigenvalue weighted by molar-refractivity contribution is -0.136. The van der Waals surface area contributed by atoms with Crippen LogP contribution < -0.4 is 9.47 Å². The Balaban J connectivity index is 1.59. The molecular weight excluding hydrogens is 386 g/mol. The Bertz CT molecular complexity index is 862. The first kappa shape index (κ1) is 21.7. The summed E-state index contributed by atoms with van der Waals surface area (Å²) in [5.41, 5.74) is 0.232. The fraction of sp³-hybridized carbons (Fsp3) is 0.500. The second kappa shape index (κ2) is 10.1. The Kier molecular flexibility index (Phi) is 7.32. The standard InChI is InChI=1S/C22H29N3O5/c1-4-24(5-2)21(26)16-8-7-11-25(14-16)22(27)20-13-19(30-23-20)15-29-18-10-6-9-17(12-18)28-3/h6,9-10,12-13,16H,4-5,7-8,11,14-15H2,1-3H3/t16-/m1/s1. The number of nitrogens with zero attached hydrogens (tertiary/aromatic N) is 3. The summed E-state index contributed by atoms with van der Waals surface area (Å²) in [4.78, 5) is 29.0. The van der Waals surface area contributed by atoms with Crippen LogP contribution in [0, 0.1) is 5.92 Å². The smallest absolute Gasteiger partial charge is 0.276 e. The Labute approximate surface area is 176 Å². The highest BCUT2D eigenvalue weighted by atomic mass is 16.5. The van der Waals surface area contributed by atoms with Gasteiger partial charge >= 0.3 is 0 Å². The van der Waals surface area contributed by atoms with Gasteiger partial charge in [0.15, 0.2) is 11.5 Å². The van der Waals surface area contributed by atoms with Gasteiger partial charge in [0.25, 0.3) is 5.91 Å². The van der Waals surface area contributed by atoms with Gasteiger partial charge < -0.3 is 23.8 Å². The van der Waals surface area contributed by atoms with Crippen molar-refractivity contribution in [1.29, 1.82) is 0 Å². The van der Waals surface area contributed by atoms with E-state index in [9.17, 15) is 9.59 Å². The Morgan fingerprint density at radius 3 is 2.73 bits per heavy atom. The second-order valence-corrected chi connectivity index (χ2v) is 7.25. The molecule has 162 valence electrons. The van der Waals surface area contributed by atoms with Gasteiger partial charge in [-0.1, -0.05) is 11.2 Å². The molecule has 1 fully saturated rings. The fourth-order valence-electron chi connectivity index (χ4n) is 3.65. The van der Waals surface area contributed by atoms with E-state index in [1.807, 2.05) is 36.9 Å². The molecule has 1 atom stereocenters. The molecule has 0 N–H and O–H groups in total. The largest absolute Gasteiger partial charge is 0.497 e. The van der Waals surface area contributed by atoms with E-state index in [1.165, 1.54) is 0 Å². The summed E-state index contributed by atoms with van der Waals surface area (Å²) in [7, 11) is 1.59. The van der Waals surface area contributed by atoms with Gasteiger partial charge in [-0.3, -0.25) is 9.59 Å². The van der Waals surface area contributed by atoms with E-state index in [0.717, 1.165) is 12.8 Å². The number of hydrogen-bond acceptors (Lipinski definition) is 6. The predicted octanol–water partition coefficient (Wildman–Crippen LogP) is 2.98. The maximum absolute atomic E-state index is 12.9. The maximum Gasteiger partial charge on any atom is 0.276 e. The van der Waals surface area contributed by atoms with Gasteiger partial charge in [-0.2, -0.15) is 0 Å². The highest BCUT2D eigenvalue weighted by Crippen LogP contribution is 2.22. The number of hydrogen-bond donors (Lipinski definition) is 0. The molecule has 8 heteroatoms. The summed E-state index contributed by atoms with van der Waals surface area (Å²) in [5.74, 6) is 1.51. The number of piperidine rings is 1. The van der Waals surface area contributed by atoms with E-state index >= 15 is 0 Å². The third-order valence-electron chi connectivity index (χ3n) is 5.33. The Morgan fingerprint density at radius 1 is 1.23 bits per heavy atom. The van der Waals surface area contributed by atoms with Gasteiger partial charge in [-0.25, -0.2) is 0 Å². The molecule has 1 aliphatic rings. The molecule has 30 heavy (non-hydrogen) atoms. The zero-order chi connectivity index (χ0) is 21.5. The number of carbonyl (C=O) groups excluding carboxylic acids is 2. The summed E-state index contributed by atoms with van der Waals surface area (Å²) in [6.45, 7) is 6.48. The molecule has 2 amide bonds. The van der Waals surface area contributed by atoms with Crippen molar-refractivity contribution in [1.82, 2.24) is 15.0 Å². The molecule has 1 aliphatic heterocycles. The summed E-state index contributed by atoms with van der Waals surface area (Å²) < 4.78 is 16.1. The zero-order valence-electron chi connectivity index (χ0n) is 17.8. The third-order valence-corrected chi connectivity index (χ3v) is 5.33. The monoisotopic (exact) mass is 415 g/mol. The first-order valence-electron chi connectivity index (χ1n) is 10.4. The SMILES string of the molecule is CCN(CC)C(=O)[C@@H]1CCCN(C(=O)c2cc(COc3cccc(OC)c3)on2)C1. The minimum atomic E-state index is -0.219. The molecule has 0 bridgehead atoms. The molecule has 8 nitrogen and oxygen atoms in total. The van der Waals surface area contributed by atoms with Crippen molar-refractivity contribution >= 4 is 11.8 Å². The minimum absolute atomic E-state index is 0.116. The predicted molar refractivity (Wildman–Crippen MR) is 110 cm³/mol. The van der Waals surface area contributed by atoms with Crippen molar-refractivity contribution in [3.63, 3.8) is 0 Å². The molecule has 0 spiro atoms. The number of ether oxygens (including phenoxy) is 2. The van der Waals surface area contributed by atoms with Crippen molar-refractivity contribution in [2.45, 2.75) is 33.3 Å². The first-order chi connectivity index (χ1) is 14.5. The quantitative estimate of drug-likeness (QED) is 0.659. The van der Waals surface area contributed by atoms with E-state index in [0.29, 0.717) is 43.4 Å². The van der Waals surface area contributed by atoms with Gasteiger partial charge in [0, 0.05) is 38.3 Å². The highest BCUT2D eigenvalue weighted by Gasteiger charge is 2.31. The highest BCUT2D eigenvalue weighted by molar-refractivity contribution is 5.92. The second-order valence-electron chi connectivity index (χ2n) is 7.25. The Hall–Kier alpha value is -3.03. The normalized spacial score (nSPS) is 16.2. The van der Waals surface area contributed by atoms with Crippen molar-refractivity contribution in [2.75, 3.05) is 33.3 Å². The number of methoxy groups -OCH3 is 1. The van der Waals surface area contributed by atoms with Crippen LogP contribution in [0.4, 0.5) is 0 Å². The van der Waals surface area contributed by atoms with E-state index in [1.54, 1.807) is 24.1 Å². The molecule has 1 saturated heterocycles. The van der Waals surface area contributed by atoms with Crippen molar-refractivity contribution in [2.24, 2.45) is 5.92 Å². The van der Waals surface area contributed by atoms with Crippen LogP contribution in [-0.4, -0.2) is 60.1 Å². The first-order valence-corrected chi connectivity index (χ1v) is 10.4. The lowest BCUT2D eigenvalue weighted by atomic mass is 9.96. The van der Waals surface area contributed by atoms with Crippen LogP contribution in [0.3, 0.4) is 0 Å². The van der Waals surface area contributed by atoms with Crippen LogP contribution in [-0.2, 0) is 11.4 Å². The van der Waals surface area contributed by atoms with Gasteiger partial charge in [0.2, 0.25) is 5.91 Å². The summed E-state index contributed by atoms with van der Waals surface area (Å²) in [6, 6.07) is 8.83. The lowest BCUT2D eigenvalue weighted by Gasteiger charge is -2.34. The number of amides is 2. The summed E-state index contributed by atoms with van der Waals surface area (Å²) in [5, 5.41) is 3.91. The van der Waals surface area contributed by atoms with Gasteiger partial charge in [-0.05, 0) is 38.8 Å². The van der Waals surface area contributed by atoms with E-state index in [-0.39, 0.29) is 30.0 Å². The minimum Gasteiger partial charge on any atom is -0.497 e. The number of aromatic nitrogens is 1. The maximum atomic E-state index is 12.9. The van der Waals surface area contributed by atoms with Gasteiger partial charge in [-0.15, -0.1) is 0 Å². The van der Waals surface area contributed by atoms with Crippen LogP contribution >= 0.6 is 0 Å². The molecule has 0 saturated carbocycles. The van der Waals surface area contributed by atoms with Gasteiger partial charge in [0.05, 0.1) is 13.0 Å². The average Bonchev–Trinajstić information content (AvgIpc) is 3.27. The van der Waals surface area contributed by atoms with Crippen molar-refractivity contribution < 1.29 is 23.6 Å². The average molecular weight is 415 g/mol. The molecule has 3 rings (SSSR count). The molecule has 0 unspecified atom stereocenters. The molecule has 2 aromatic rings. The third kappa shape index (κ3) is 5.11. The van der Waals surface area contributed by atoms with Crippen LogP contribution in [0.2, 0.25) is 0 Å². The molecule has 1 aromatic carbocycles. The Morgan fingerprint density at radius 2 is 2.00 bits per heavy atom. The van der Waals surface area contributed by atoms with E-state index < -0.39 is 0 Å². The van der Waals surface area contributed by atoms with Crippen LogP contribution in [0.15, 0.2) is 34.9 Å². The van der Waals surface area contributed by atoms with Crippen molar-refractivity contribution in [3.05, 3.63) is 41.8 Å². The fourth-order valence-corrected chi connectivity index (χ4v) is 3.65. The van der Waals surface area contributed by atoms with Gasteiger partial charge in [0.1, 0.15) is 18.1 Å². The zero-order valence-corrected chi connectivity index (χ0v) is 17.8. The summed E-state index contributed by atoms with van der Waals surface area (Å²) >= 11 is 0. The lowest BCUT2D eigenvalue weighted by Crippen LogP contribution is -2.46. The molecule has 0 aliphatic carbocycles. The van der Waals surface area contributed by atoms with Crippen LogP contribution in [0.25, 0.3) is 0 Å². The van der Waals surface area contributed by atoms with Crippen LogP contribution in [0.1, 0.15) is 42.9 Å². The number of likely N-dealkylation sites (tertiary alicyclic amines) is 1. The molecular formula is C22H29N3O5. The van der Waals surface area contributed by atoms with E-state index in [2.05, 4.69) is 5.16 Å². The number of benzene rings is 1. The topological polar surface area (TPSA) is 85.1 Å². The molecule has 0 radical (unpaired) electrons.